The van der Waals surface area contributed by atoms with Gasteiger partial charge in [0.2, 0.25) is 5.91 Å². The quantitative estimate of drug-likeness (QED) is 0.388. The van der Waals surface area contributed by atoms with Gasteiger partial charge in [0.1, 0.15) is 23.1 Å². The van der Waals surface area contributed by atoms with E-state index in [4.69, 9.17) is 14.2 Å². The summed E-state index contributed by atoms with van der Waals surface area (Å²) in [6.45, 7) is 9.35. The average Bonchev–Trinajstić information content (AvgIpc) is 2.90. The van der Waals surface area contributed by atoms with Crippen molar-refractivity contribution >= 4 is 35.4 Å². The van der Waals surface area contributed by atoms with E-state index < -0.39 is 66.4 Å². The highest BCUT2D eigenvalue weighted by Gasteiger charge is 2.35. The predicted molar refractivity (Wildman–Crippen MR) is 158 cm³/mol. The summed E-state index contributed by atoms with van der Waals surface area (Å²) in [7, 11) is 0. The molecule has 0 aromatic heterocycles. The molecule has 248 valence electrons. The van der Waals surface area contributed by atoms with Crippen LogP contribution >= 0.6 is 0 Å². The molecule has 46 heavy (non-hydrogen) atoms. The van der Waals surface area contributed by atoms with Crippen LogP contribution in [0.25, 0.3) is 0 Å². The van der Waals surface area contributed by atoms with E-state index in [1.165, 1.54) is 35.2 Å². The Morgan fingerprint density at radius 1 is 1.02 bits per heavy atom. The van der Waals surface area contributed by atoms with E-state index in [0.717, 1.165) is 12.1 Å². The molecule has 0 bridgehead atoms. The zero-order chi connectivity index (χ0) is 34.4. The summed E-state index contributed by atoms with van der Waals surface area (Å²) < 4.78 is 58.2. The summed E-state index contributed by atoms with van der Waals surface area (Å²) in [4.78, 5) is 53.9. The molecule has 1 saturated heterocycles. The number of nitriles is 1. The number of nitrogens with zero attached hydrogens (tertiary/aromatic N) is 3. The lowest BCUT2D eigenvalue weighted by Crippen LogP contribution is -2.49. The smallest absolute Gasteiger partial charge is 0.443 e. The second-order valence-corrected chi connectivity index (χ2v) is 12.2. The van der Waals surface area contributed by atoms with Crippen molar-refractivity contribution in [2.24, 2.45) is 0 Å². The molecular weight excluding hydrogens is 613 g/mol. The van der Waals surface area contributed by atoms with E-state index in [0.29, 0.717) is 4.90 Å². The largest absolute Gasteiger partial charge is 0.573 e. The molecule has 0 saturated carbocycles. The van der Waals surface area contributed by atoms with Gasteiger partial charge in [-0.15, -0.1) is 13.2 Å². The van der Waals surface area contributed by atoms with Gasteiger partial charge in [-0.05, 0) is 77.4 Å². The number of imide groups is 1. The summed E-state index contributed by atoms with van der Waals surface area (Å²) in [5, 5.41) is 12.3. The number of anilines is 2. The molecule has 1 fully saturated rings. The Morgan fingerprint density at radius 2 is 1.65 bits per heavy atom. The minimum absolute atomic E-state index is 0.0141. The van der Waals surface area contributed by atoms with Crippen LogP contribution in [0.5, 0.6) is 5.75 Å². The summed E-state index contributed by atoms with van der Waals surface area (Å²) in [5.41, 5.74) is -1.28. The summed E-state index contributed by atoms with van der Waals surface area (Å²) in [6.07, 6.45) is -8.61. The van der Waals surface area contributed by atoms with Crippen molar-refractivity contribution < 1.29 is 51.3 Å². The van der Waals surface area contributed by atoms with E-state index in [1.54, 1.807) is 41.5 Å². The summed E-state index contributed by atoms with van der Waals surface area (Å²) in [5.74, 6) is -1.80. The molecule has 0 aliphatic carbocycles. The Kier molecular flexibility index (Phi) is 10.9. The van der Waals surface area contributed by atoms with E-state index in [2.05, 4.69) is 10.1 Å². The number of nitrogens with one attached hydrogen (secondary N) is 1. The van der Waals surface area contributed by atoms with Crippen molar-refractivity contribution in [3.63, 3.8) is 0 Å². The number of carbonyl (C=O) groups is 4. The number of ether oxygens (including phenoxy) is 4. The van der Waals surface area contributed by atoms with Crippen LogP contribution < -0.4 is 15.0 Å². The molecular formula is C31H35F3N4O8. The van der Waals surface area contributed by atoms with Crippen molar-refractivity contribution in [2.75, 3.05) is 23.4 Å². The molecule has 1 aliphatic heterocycles. The van der Waals surface area contributed by atoms with Crippen LogP contribution in [0.15, 0.2) is 42.5 Å². The number of rotatable bonds is 7. The number of morpholine rings is 1. The van der Waals surface area contributed by atoms with Crippen LogP contribution in [-0.4, -0.2) is 65.7 Å². The average molecular weight is 649 g/mol. The van der Waals surface area contributed by atoms with Crippen LogP contribution in [0, 0.1) is 11.3 Å². The lowest BCUT2D eigenvalue weighted by Gasteiger charge is -2.32. The fraction of sp³-hybridized carbons (Fsp3) is 0.452. The topological polar surface area (TPSA) is 147 Å². The molecule has 1 aliphatic rings. The molecule has 1 atom stereocenters. The third kappa shape index (κ3) is 10.7. The Hall–Kier alpha value is -4.84. The van der Waals surface area contributed by atoms with Gasteiger partial charge in [-0.2, -0.15) is 5.26 Å². The number of amides is 4. The van der Waals surface area contributed by atoms with Crippen molar-refractivity contribution in [3.05, 3.63) is 53.6 Å². The first-order valence-electron chi connectivity index (χ1n) is 14.1. The lowest BCUT2D eigenvalue weighted by atomic mass is 10.1. The van der Waals surface area contributed by atoms with Crippen LogP contribution in [0.4, 0.5) is 34.1 Å². The normalized spacial score (nSPS) is 15.4. The number of hydrogen-bond donors (Lipinski definition) is 1. The first-order chi connectivity index (χ1) is 21.2. The van der Waals surface area contributed by atoms with Gasteiger partial charge in [-0.3, -0.25) is 9.59 Å². The zero-order valence-corrected chi connectivity index (χ0v) is 26.2. The van der Waals surface area contributed by atoms with Gasteiger partial charge in [-0.25, -0.2) is 14.5 Å². The summed E-state index contributed by atoms with van der Waals surface area (Å²) >= 11 is 0. The molecule has 1 heterocycles. The van der Waals surface area contributed by atoms with Crippen molar-refractivity contribution in [1.29, 1.82) is 5.26 Å². The fourth-order valence-corrected chi connectivity index (χ4v) is 4.19. The van der Waals surface area contributed by atoms with Crippen molar-refractivity contribution in [3.8, 4) is 11.8 Å². The van der Waals surface area contributed by atoms with Gasteiger partial charge in [0.15, 0.2) is 0 Å². The summed E-state index contributed by atoms with van der Waals surface area (Å²) in [6, 6.07) is 11.1. The fourth-order valence-electron chi connectivity index (χ4n) is 4.19. The van der Waals surface area contributed by atoms with Gasteiger partial charge in [-0.1, -0.05) is 6.07 Å². The van der Waals surface area contributed by atoms with Crippen LogP contribution in [0.2, 0.25) is 0 Å². The number of benzene rings is 2. The Bertz CT molecular complexity index is 1480. The van der Waals surface area contributed by atoms with Gasteiger partial charge in [0, 0.05) is 24.0 Å². The third-order valence-corrected chi connectivity index (χ3v) is 5.97. The first-order valence-corrected chi connectivity index (χ1v) is 14.1. The molecule has 0 spiro atoms. The highest BCUT2D eigenvalue weighted by atomic mass is 19.4. The van der Waals surface area contributed by atoms with E-state index in [1.807, 2.05) is 6.07 Å². The Balaban J connectivity index is 1.76. The molecule has 2 aromatic carbocycles. The Morgan fingerprint density at radius 3 is 2.22 bits per heavy atom. The molecule has 3 rings (SSSR count). The minimum atomic E-state index is -4.91. The maximum absolute atomic E-state index is 13.1. The number of alkyl halides is 3. The van der Waals surface area contributed by atoms with E-state index >= 15 is 0 Å². The molecule has 4 amide bonds. The predicted octanol–water partition coefficient (Wildman–Crippen LogP) is 5.89. The van der Waals surface area contributed by atoms with Crippen LogP contribution in [-0.2, 0) is 30.3 Å². The molecule has 0 radical (unpaired) electrons. The molecule has 12 nitrogen and oxygen atoms in total. The highest BCUT2D eigenvalue weighted by Crippen LogP contribution is 2.29. The third-order valence-electron chi connectivity index (χ3n) is 5.97. The van der Waals surface area contributed by atoms with Crippen LogP contribution in [0.1, 0.15) is 59.1 Å². The lowest BCUT2D eigenvalue weighted by molar-refractivity contribution is -0.274. The van der Waals surface area contributed by atoms with E-state index in [-0.39, 0.29) is 35.7 Å². The maximum Gasteiger partial charge on any atom is 0.573 e. The SMILES string of the molecule is CC(C)(C)OC(=O)N(Cc1cc(NC(=O)CC2OCCN(c3cccc(OC(F)(F)F)c3)C2=O)ccc1C#N)C(=O)OC(C)(C)C. The zero-order valence-electron chi connectivity index (χ0n) is 26.2. The highest BCUT2D eigenvalue weighted by molar-refractivity contribution is 6.01. The Labute approximate surface area is 263 Å². The monoisotopic (exact) mass is 648 g/mol. The second-order valence-electron chi connectivity index (χ2n) is 12.2. The number of hydrogen-bond acceptors (Lipinski definition) is 9. The second kappa shape index (κ2) is 14.1. The van der Waals surface area contributed by atoms with Gasteiger partial charge >= 0.3 is 18.5 Å². The molecule has 1 unspecified atom stereocenters. The maximum atomic E-state index is 13.1. The van der Waals surface area contributed by atoms with Gasteiger partial charge < -0.3 is 29.2 Å². The van der Waals surface area contributed by atoms with Gasteiger partial charge in [0.05, 0.1) is 31.2 Å². The van der Waals surface area contributed by atoms with E-state index in [9.17, 15) is 37.6 Å². The number of carbonyl (C=O) groups excluding carboxylic acids is 4. The minimum Gasteiger partial charge on any atom is -0.443 e. The molecule has 2 aromatic rings. The standard InChI is InChI=1S/C31H35F3N4O8/c1-29(2,3)45-27(41)38(28(42)46-30(4,5)6)18-20-14-21(11-10-19(20)17-35)36-25(39)16-24-26(40)37(12-13-43-24)22-8-7-9-23(15-22)44-31(32,33)34/h7-11,14-15,24H,12-13,16,18H2,1-6H3,(H,36,39). The van der Waals surface area contributed by atoms with Crippen LogP contribution in [0.3, 0.4) is 0 Å². The van der Waals surface area contributed by atoms with Crippen molar-refractivity contribution in [2.45, 2.75) is 78.2 Å². The first kappa shape index (κ1) is 35.6. The molecule has 1 N–H and O–H groups in total. The molecule has 15 heteroatoms. The van der Waals surface area contributed by atoms with Gasteiger partial charge in [0.25, 0.3) is 5.91 Å². The van der Waals surface area contributed by atoms with Crippen molar-refractivity contribution in [1.82, 2.24) is 4.90 Å². The number of halogens is 3.